The maximum Gasteiger partial charge on any atom is 0.291 e. The summed E-state index contributed by atoms with van der Waals surface area (Å²) in [6.45, 7) is 3.18. The molecule has 44 heavy (non-hydrogen) atoms. The van der Waals surface area contributed by atoms with E-state index in [1.165, 1.54) is 35.1 Å². The number of ether oxygens (including phenoxy) is 3. The van der Waals surface area contributed by atoms with Crippen molar-refractivity contribution in [3.63, 3.8) is 0 Å². The lowest BCUT2D eigenvalue weighted by atomic mass is 10.1. The van der Waals surface area contributed by atoms with Gasteiger partial charge in [-0.1, -0.05) is 67.9 Å². The van der Waals surface area contributed by atoms with E-state index in [9.17, 15) is 4.79 Å². The minimum Gasteiger partial charge on any atom is -0.494 e. The molecule has 0 fully saturated rings. The van der Waals surface area contributed by atoms with Crippen molar-refractivity contribution in [1.29, 1.82) is 0 Å². The van der Waals surface area contributed by atoms with Crippen molar-refractivity contribution < 1.29 is 14.2 Å². The van der Waals surface area contributed by atoms with E-state index in [0.717, 1.165) is 34.7 Å². The Bertz CT molecular complexity index is 2000. The lowest BCUT2D eigenvalue weighted by molar-refractivity contribution is 0.0852. The molecular weight excluding hydrogens is 574 g/mol. The molecule has 10 heteroatoms. The molecule has 6 aromatic rings. The van der Waals surface area contributed by atoms with Gasteiger partial charge in [0.2, 0.25) is 4.96 Å². The zero-order valence-corrected chi connectivity index (χ0v) is 25.1. The van der Waals surface area contributed by atoms with E-state index in [1.807, 2.05) is 95.8 Å². The van der Waals surface area contributed by atoms with Crippen molar-refractivity contribution in [2.24, 2.45) is 0 Å². The highest BCUT2D eigenvalue weighted by atomic mass is 32.1. The van der Waals surface area contributed by atoms with Crippen LogP contribution in [0.4, 0.5) is 0 Å². The number of thiazole rings is 1. The molecule has 9 nitrogen and oxygen atoms in total. The number of nitrogens with zero attached hydrogens (tertiary/aromatic N) is 5. The summed E-state index contributed by atoms with van der Waals surface area (Å²) < 4.78 is 21.5. The van der Waals surface area contributed by atoms with Crippen LogP contribution in [-0.4, -0.2) is 37.6 Å². The van der Waals surface area contributed by atoms with Gasteiger partial charge in [0.15, 0.2) is 23.4 Å². The maximum atomic E-state index is 13.5. The molecule has 0 radical (unpaired) electrons. The Balaban J connectivity index is 1.19. The van der Waals surface area contributed by atoms with Crippen LogP contribution >= 0.6 is 11.3 Å². The van der Waals surface area contributed by atoms with Crippen molar-refractivity contribution in [1.82, 2.24) is 24.4 Å². The topological polar surface area (TPSA) is 92.8 Å². The number of hydrogen-bond donors (Lipinski definition) is 0. The van der Waals surface area contributed by atoms with E-state index in [-0.39, 0.29) is 12.2 Å². The van der Waals surface area contributed by atoms with E-state index >= 15 is 0 Å². The van der Waals surface area contributed by atoms with Gasteiger partial charge in [-0.15, -0.1) is 5.10 Å². The Morgan fingerprint density at radius 2 is 1.75 bits per heavy atom. The smallest absolute Gasteiger partial charge is 0.291 e. The van der Waals surface area contributed by atoms with Crippen LogP contribution in [0.3, 0.4) is 0 Å². The number of benzene rings is 3. The number of hydrogen-bond acceptors (Lipinski definition) is 8. The molecule has 3 aromatic carbocycles. The quantitative estimate of drug-likeness (QED) is 0.176. The largest absolute Gasteiger partial charge is 0.494 e. The predicted molar refractivity (Wildman–Crippen MR) is 170 cm³/mol. The van der Waals surface area contributed by atoms with Crippen LogP contribution in [0, 0.1) is 0 Å². The van der Waals surface area contributed by atoms with Gasteiger partial charge in [-0.25, -0.2) is 4.68 Å². The van der Waals surface area contributed by atoms with Gasteiger partial charge in [-0.05, 0) is 61.0 Å². The third kappa shape index (κ3) is 5.68. The van der Waals surface area contributed by atoms with Crippen LogP contribution in [0.25, 0.3) is 28.0 Å². The first-order valence-electron chi connectivity index (χ1n) is 14.8. The Hall–Kier alpha value is -4.96. The van der Waals surface area contributed by atoms with Crippen LogP contribution in [0.15, 0.2) is 89.9 Å². The number of rotatable bonds is 10. The van der Waals surface area contributed by atoms with E-state index in [0.29, 0.717) is 33.4 Å². The summed E-state index contributed by atoms with van der Waals surface area (Å²) >= 11 is 1.28. The minimum absolute atomic E-state index is 0.244. The standard InChI is InChI=1S/C34H31N5O4S/c1-2-3-4-10-19-41-26-17-15-23(16-18-26)31-24(21-38(36-31)25-11-6-5-7-12-25)20-30-33(40)39-34(44-30)35-32(37-39)29-22-42-27-13-8-9-14-28(27)43-29/h5-9,11-18,20-21,29H,2-4,10,19,22H2,1H3/b30-20-. The summed E-state index contributed by atoms with van der Waals surface area (Å²) in [6, 6.07) is 25.3. The summed E-state index contributed by atoms with van der Waals surface area (Å²) in [6.07, 6.45) is 7.95. The molecule has 1 atom stereocenters. The van der Waals surface area contributed by atoms with Gasteiger partial charge in [-0.2, -0.15) is 14.6 Å². The number of fused-ring (bicyclic) bond motifs is 2. The van der Waals surface area contributed by atoms with Crippen LogP contribution in [0.2, 0.25) is 0 Å². The van der Waals surface area contributed by atoms with Crippen LogP contribution in [0.1, 0.15) is 50.1 Å². The third-order valence-corrected chi connectivity index (χ3v) is 8.40. The number of aromatic nitrogens is 5. The molecule has 0 amide bonds. The van der Waals surface area contributed by atoms with Crippen LogP contribution in [0.5, 0.6) is 17.2 Å². The van der Waals surface area contributed by atoms with Gasteiger partial charge in [0.1, 0.15) is 18.1 Å². The Kier molecular flexibility index (Phi) is 7.81. The molecular formula is C34H31N5O4S. The van der Waals surface area contributed by atoms with Gasteiger partial charge in [-0.3, -0.25) is 4.79 Å². The highest BCUT2D eigenvalue weighted by Crippen LogP contribution is 2.35. The van der Waals surface area contributed by atoms with Gasteiger partial charge >= 0.3 is 0 Å². The highest BCUT2D eigenvalue weighted by Gasteiger charge is 2.27. The Labute approximate surface area is 258 Å². The van der Waals surface area contributed by atoms with Gasteiger partial charge in [0.05, 0.1) is 16.8 Å². The summed E-state index contributed by atoms with van der Waals surface area (Å²) in [5.41, 5.74) is 3.17. The van der Waals surface area contributed by atoms with Crippen LogP contribution < -0.4 is 24.3 Å². The molecule has 0 spiro atoms. The molecule has 0 aliphatic carbocycles. The van der Waals surface area contributed by atoms with Crippen molar-refractivity contribution in [3.05, 3.63) is 111 Å². The third-order valence-electron chi connectivity index (χ3n) is 7.44. The van der Waals surface area contributed by atoms with Gasteiger partial charge in [0.25, 0.3) is 5.56 Å². The first-order valence-corrected chi connectivity index (χ1v) is 15.7. The predicted octanol–water partition coefficient (Wildman–Crippen LogP) is 6.02. The lowest BCUT2D eigenvalue weighted by Gasteiger charge is -2.24. The second-order valence-electron chi connectivity index (χ2n) is 10.6. The van der Waals surface area contributed by atoms with E-state index < -0.39 is 6.10 Å². The summed E-state index contributed by atoms with van der Waals surface area (Å²) in [7, 11) is 0. The van der Waals surface area contributed by atoms with E-state index in [2.05, 4.69) is 17.0 Å². The molecule has 4 heterocycles. The fourth-order valence-electron chi connectivity index (χ4n) is 5.13. The average Bonchev–Trinajstić information content (AvgIpc) is 3.76. The van der Waals surface area contributed by atoms with Crippen LogP contribution in [-0.2, 0) is 0 Å². The zero-order valence-electron chi connectivity index (χ0n) is 24.3. The van der Waals surface area contributed by atoms with Crippen molar-refractivity contribution in [3.8, 4) is 34.2 Å². The van der Waals surface area contributed by atoms with Crippen molar-refractivity contribution in [2.45, 2.75) is 38.7 Å². The molecule has 0 saturated heterocycles. The first kappa shape index (κ1) is 27.8. The molecule has 0 bridgehead atoms. The first-order chi connectivity index (χ1) is 21.7. The fourth-order valence-corrected chi connectivity index (χ4v) is 6.04. The fraction of sp³-hybridized carbons (Fsp3) is 0.235. The zero-order chi connectivity index (χ0) is 29.9. The minimum atomic E-state index is -0.497. The summed E-state index contributed by atoms with van der Waals surface area (Å²) in [5, 5.41) is 9.41. The van der Waals surface area contributed by atoms with E-state index in [1.54, 1.807) is 0 Å². The van der Waals surface area contributed by atoms with Gasteiger partial charge < -0.3 is 14.2 Å². The SMILES string of the molecule is CCCCCCOc1ccc(-c2nn(-c3ccccc3)cc2/C=c2\sc3nc(C4COc5ccccc5O4)nn3c2=O)cc1. The molecule has 1 aliphatic rings. The molecule has 0 N–H and O–H groups in total. The second kappa shape index (κ2) is 12.3. The highest BCUT2D eigenvalue weighted by molar-refractivity contribution is 7.15. The molecule has 1 aliphatic heterocycles. The average molecular weight is 606 g/mol. The summed E-state index contributed by atoms with van der Waals surface area (Å²) in [5.74, 6) is 2.56. The lowest BCUT2D eigenvalue weighted by Crippen LogP contribution is -2.26. The monoisotopic (exact) mass is 605 g/mol. The number of para-hydroxylation sites is 3. The Morgan fingerprint density at radius 1 is 0.955 bits per heavy atom. The molecule has 0 saturated carbocycles. The maximum absolute atomic E-state index is 13.5. The number of unbranched alkanes of at least 4 members (excludes halogenated alkanes) is 3. The van der Waals surface area contributed by atoms with Crippen molar-refractivity contribution >= 4 is 22.4 Å². The molecule has 1 unspecified atom stereocenters. The van der Waals surface area contributed by atoms with Crippen molar-refractivity contribution in [2.75, 3.05) is 13.2 Å². The molecule has 3 aromatic heterocycles. The van der Waals surface area contributed by atoms with Gasteiger partial charge in [0, 0.05) is 17.3 Å². The Morgan fingerprint density at radius 3 is 2.55 bits per heavy atom. The second-order valence-corrected chi connectivity index (χ2v) is 11.6. The summed E-state index contributed by atoms with van der Waals surface area (Å²) in [4.78, 5) is 18.6. The molecule has 7 rings (SSSR count). The van der Waals surface area contributed by atoms with E-state index in [4.69, 9.17) is 19.3 Å². The molecule has 222 valence electrons. The normalized spacial score (nSPS) is 14.8.